The molecule has 2 aromatic rings. The molecule has 3 fully saturated rings. The molecule has 0 unspecified atom stereocenters. The van der Waals surface area contributed by atoms with E-state index >= 15 is 0 Å². The van der Waals surface area contributed by atoms with E-state index in [0.29, 0.717) is 28.1 Å². The van der Waals surface area contributed by atoms with Gasteiger partial charge in [-0.3, -0.25) is 24.1 Å². The Bertz CT molecular complexity index is 1210. The molecular weight excluding hydrogens is 468 g/mol. The lowest BCUT2D eigenvalue weighted by Crippen LogP contribution is -2.30. The van der Waals surface area contributed by atoms with E-state index in [4.69, 9.17) is 16.3 Å². The molecule has 2 aliphatic heterocycles. The van der Waals surface area contributed by atoms with Crippen molar-refractivity contribution in [2.45, 2.75) is 39.5 Å². The highest BCUT2D eigenvalue weighted by Gasteiger charge is 2.50. The van der Waals surface area contributed by atoms with Crippen molar-refractivity contribution in [1.29, 1.82) is 0 Å². The van der Waals surface area contributed by atoms with Gasteiger partial charge in [-0.05, 0) is 74.1 Å². The van der Waals surface area contributed by atoms with Gasteiger partial charge in [0, 0.05) is 23.7 Å². The highest BCUT2D eigenvalue weighted by atomic mass is 35.5. The molecule has 0 spiro atoms. The largest absolute Gasteiger partial charge is 0.426 e. The van der Waals surface area contributed by atoms with Gasteiger partial charge in [-0.25, -0.2) is 0 Å². The number of halogens is 1. The van der Waals surface area contributed by atoms with Gasteiger partial charge in [0.15, 0.2) is 0 Å². The molecule has 0 bridgehead atoms. The van der Waals surface area contributed by atoms with Crippen molar-refractivity contribution in [3.05, 3.63) is 53.1 Å². The molecule has 5 rings (SSSR count). The number of benzene rings is 2. The van der Waals surface area contributed by atoms with Crippen LogP contribution in [-0.2, 0) is 19.2 Å². The predicted molar refractivity (Wildman–Crippen MR) is 131 cm³/mol. The molecule has 3 amide bonds. The second-order valence-corrected chi connectivity index (χ2v) is 10.3. The molecule has 0 aromatic heterocycles. The molecule has 4 atom stereocenters. The lowest BCUT2D eigenvalue weighted by atomic mass is 9.76. The minimum absolute atomic E-state index is 0.0564. The summed E-state index contributed by atoms with van der Waals surface area (Å²) in [5.41, 5.74) is 1.96. The van der Waals surface area contributed by atoms with Crippen molar-refractivity contribution in [1.82, 2.24) is 0 Å². The Morgan fingerprint density at radius 1 is 1.00 bits per heavy atom. The molecule has 1 aliphatic carbocycles. The topological polar surface area (TPSA) is 84.0 Å². The molecular formula is C27H27ClN2O5. The summed E-state index contributed by atoms with van der Waals surface area (Å²) in [5.74, 6) is -1.28. The van der Waals surface area contributed by atoms with Crippen LogP contribution in [0.4, 0.5) is 11.4 Å². The summed E-state index contributed by atoms with van der Waals surface area (Å²) in [6, 6.07) is 11.7. The zero-order valence-electron chi connectivity index (χ0n) is 19.7. The third kappa shape index (κ3) is 4.22. The first-order chi connectivity index (χ1) is 16.7. The lowest BCUT2D eigenvalue weighted by molar-refractivity contribution is -0.139. The maximum atomic E-state index is 12.9. The number of hydrogen-bond acceptors (Lipinski definition) is 5. The Kier molecular flexibility index (Phi) is 6.13. The van der Waals surface area contributed by atoms with Crippen molar-refractivity contribution in [2.24, 2.45) is 23.7 Å². The molecule has 1 saturated carbocycles. The molecule has 8 heteroatoms. The summed E-state index contributed by atoms with van der Waals surface area (Å²) >= 11 is 6.19. The minimum atomic E-state index is -0.604. The van der Waals surface area contributed by atoms with Crippen molar-refractivity contribution >= 4 is 46.7 Å². The number of carbonyl (C=O) groups excluding carboxylic acids is 4. The number of anilines is 2. The van der Waals surface area contributed by atoms with E-state index in [2.05, 4.69) is 6.92 Å². The number of amides is 3. The summed E-state index contributed by atoms with van der Waals surface area (Å²) < 4.78 is 5.53. The van der Waals surface area contributed by atoms with Gasteiger partial charge in [0.1, 0.15) is 5.75 Å². The summed E-state index contributed by atoms with van der Waals surface area (Å²) in [7, 11) is 0. The fourth-order valence-electron chi connectivity index (χ4n) is 5.49. The van der Waals surface area contributed by atoms with Crippen LogP contribution in [0.15, 0.2) is 42.5 Å². The van der Waals surface area contributed by atoms with Crippen LogP contribution in [0.2, 0.25) is 5.02 Å². The molecule has 0 N–H and O–H groups in total. The fraction of sp³-hybridized carbons (Fsp3) is 0.407. The summed E-state index contributed by atoms with van der Waals surface area (Å²) in [4.78, 5) is 54.1. The molecule has 2 aromatic carbocycles. The van der Waals surface area contributed by atoms with Crippen molar-refractivity contribution in [3.63, 3.8) is 0 Å². The van der Waals surface area contributed by atoms with Gasteiger partial charge < -0.3 is 9.64 Å². The number of esters is 1. The van der Waals surface area contributed by atoms with Crippen molar-refractivity contribution in [2.75, 3.05) is 16.3 Å². The summed E-state index contributed by atoms with van der Waals surface area (Å²) in [6.07, 6.45) is 2.50. The Balaban J connectivity index is 1.25. The van der Waals surface area contributed by atoms with Crippen LogP contribution >= 0.6 is 11.6 Å². The van der Waals surface area contributed by atoms with Gasteiger partial charge >= 0.3 is 5.97 Å². The smallest absolute Gasteiger partial charge is 0.316 e. The normalized spacial score (nSPS) is 26.3. The van der Waals surface area contributed by atoms with E-state index < -0.39 is 11.9 Å². The first-order valence-electron chi connectivity index (χ1n) is 12.0. The number of ether oxygens (including phenoxy) is 1. The number of carbonyl (C=O) groups is 4. The first kappa shape index (κ1) is 23.5. The highest BCUT2D eigenvalue weighted by molar-refractivity contribution is 6.31. The van der Waals surface area contributed by atoms with E-state index in [0.717, 1.165) is 24.8 Å². The van der Waals surface area contributed by atoms with Crippen LogP contribution in [0, 0.1) is 30.6 Å². The average Bonchev–Trinajstić information content (AvgIpc) is 3.33. The molecule has 7 nitrogen and oxygen atoms in total. The molecule has 2 saturated heterocycles. The van der Waals surface area contributed by atoms with E-state index in [9.17, 15) is 19.2 Å². The third-order valence-electron chi connectivity index (χ3n) is 7.49. The van der Waals surface area contributed by atoms with E-state index in [-0.39, 0.29) is 42.5 Å². The number of fused-ring (bicyclic) bond motifs is 1. The lowest BCUT2D eigenvalue weighted by Gasteiger charge is -2.25. The van der Waals surface area contributed by atoms with Gasteiger partial charge in [-0.2, -0.15) is 0 Å². The van der Waals surface area contributed by atoms with Crippen LogP contribution in [0.1, 0.15) is 38.2 Å². The maximum absolute atomic E-state index is 12.9. The standard InChI is InChI=1S/C27H27ClN2O5/c1-15-6-11-20-21(12-15)26(33)30(25(20)32)18-7-9-19(10-8-18)35-27(34)17-13-24(31)29(14-17)23-5-3-4-22(28)16(23)2/h3-5,7-10,15,17,20-21H,6,11-14H2,1-2H3/t15-,17-,20-,21+/m1/s1. The monoisotopic (exact) mass is 494 g/mol. The molecule has 182 valence electrons. The first-order valence-corrected chi connectivity index (χ1v) is 12.4. The summed E-state index contributed by atoms with van der Waals surface area (Å²) in [6.45, 7) is 4.17. The SMILES string of the molecule is Cc1c(Cl)cccc1N1C[C@H](C(=O)Oc2ccc(N3C(=O)[C@H]4C[C@H](C)CC[C@H]4C3=O)cc2)CC1=O. The fourth-order valence-corrected chi connectivity index (χ4v) is 5.66. The highest BCUT2D eigenvalue weighted by Crippen LogP contribution is 2.42. The molecule has 3 aliphatic rings. The second kappa shape index (κ2) is 9.11. The Hall–Kier alpha value is -3.19. The van der Waals surface area contributed by atoms with Crippen LogP contribution in [0.3, 0.4) is 0 Å². The predicted octanol–water partition coefficient (Wildman–Crippen LogP) is 4.53. The van der Waals surface area contributed by atoms with Crippen LogP contribution < -0.4 is 14.5 Å². The van der Waals surface area contributed by atoms with Crippen molar-refractivity contribution < 1.29 is 23.9 Å². The zero-order chi connectivity index (χ0) is 24.9. The number of hydrogen-bond donors (Lipinski definition) is 0. The van der Waals surface area contributed by atoms with Crippen LogP contribution in [0.5, 0.6) is 5.75 Å². The van der Waals surface area contributed by atoms with Gasteiger partial charge in [-0.15, -0.1) is 0 Å². The summed E-state index contributed by atoms with van der Waals surface area (Å²) in [5, 5.41) is 0.560. The van der Waals surface area contributed by atoms with Crippen LogP contribution in [0.25, 0.3) is 0 Å². The average molecular weight is 495 g/mol. The molecule has 2 heterocycles. The van der Waals surface area contributed by atoms with Crippen LogP contribution in [-0.4, -0.2) is 30.2 Å². The Morgan fingerprint density at radius 2 is 1.71 bits per heavy atom. The number of imide groups is 1. The van der Waals surface area contributed by atoms with Crippen molar-refractivity contribution in [3.8, 4) is 5.75 Å². The van der Waals surface area contributed by atoms with Gasteiger partial charge in [0.25, 0.3) is 0 Å². The second-order valence-electron chi connectivity index (χ2n) is 9.85. The van der Waals surface area contributed by atoms with Gasteiger partial charge in [0.05, 0.1) is 23.4 Å². The van der Waals surface area contributed by atoms with Gasteiger partial charge in [-0.1, -0.05) is 24.6 Å². The van der Waals surface area contributed by atoms with E-state index in [1.807, 2.05) is 13.0 Å². The Labute approximate surface area is 209 Å². The Morgan fingerprint density at radius 3 is 2.46 bits per heavy atom. The number of rotatable bonds is 4. The van der Waals surface area contributed by atoms with Gasteiger partial charge in [0.2, 0.25) is 17.7 Å². The van der Waals surface area contributed by atoms with E-state index in [1.54, 1.807) is 41.3 Å². The maximum Gasteiger partial charge on any atom is 0.316 e. The minimum Gasteiger partial charge on any atom is -0.426 e. The number of nitrogens with zero attached hydrogens (tertiary/aromatic N) is 2. The molecule has 35 heavy (non-hydrogen) atoms. The van der Waals surface area contributed by atoms with E-state index in [1.165, 1.54) is 4.90 Å². The quantitative estimate of drug-likeness (QED) is 0.354. The zero-order valence-corrected chi connectivity index (χ0v) is 20.5. The molecule has 0 radical (unpaired) electrons. The third-order valence-corrected chi connectivity index (χ3v) is 7.90.